The highest BCUT2D eigenvalue weighted by Crippen LogP contribution is 2.36. The molecule has 1 amide bonds. The molecule has 1 aliphatic rings. The lowest BCUT2D eigenvalue weighted by molar-refractivity contribution is -0.121. The molecule has 2 rings (SSSR count). The number of hydrogen-bond donors (Lipinski definition) is 2. The molecule has 0 radical (unpaired) electrons. The van der Waals surface area contributed by atoms with E-state index < -0.39 is 0 Å². The van der Waals surface area contributed by atoms with Crippen LogP contribution in [0.2, 0.25) is 0 Å². The van der Waals surface area contributed by atoms with E-state index in [1.807, 2.05) is 12.1 Å². The lowest BCUT2D eigenvalue weighted by Crippen LogP contribution is -2.40. The van der Waals surface area contributed by atoms with E-state index in [1.165, 1.54) is 0 Å². The van der Waals surface area contributed by atoms with Crippen LogP contribution in [-0.2, 0) is 4.79 Å². The molecule has 0 spiro atoms. The second kappa shape index (κ2) is 4.40. The molecule has 0 saturated carbocycles. The van der Waals surface area contributed by atoms with Gasteiger partial charge < -0.3 is 21.1 Å². The summed E-state index contributed by atoms with van der Waals surface area (Å²) in [4.78, 5) is 13.4. The van der Waals surface area contributed by atoms with Gasteiger partial charge in [-0.15, -0.1) is 0 Å². The standard InChI is InChI=1S/C11H15N3O2/c12-5-2-6-14-9-4-1-3-8(13)11(9)16-7-10(14)15/h1,3-4H,2,5-7,12-13H2. The van der Waals surface area contributed by atoms with Crippen LogP contribution in [0.15, 0.2) is 18.2 Å². The Kier molecular flexibility index (Phi) is 2.96. The summed E-state index contributed by atoms with van der Waals surface area (Å²) in [5.41, 5.74) is 12.5. The Labute approximate surface area is 94.0 Å². The van der Waals surface area contributed by atoms with Crippen LogP contribution < -0.4 is 21.1 Å². The lowest BCUT2D eigenvalue weighted by Gasteiger charge is -2.29. The number of nitrogens with zero attached hydrogens (tertiary/aromatic N) is 1. The van der Waals surface area contributed by atoms with Gasteiger partial charge >= 0.3 is 0 Å². The lowest BCUT2D eigenvalue weighted by atomic mass is 10.2. The third-order valence-electron chi connectivity index (χ3n) is 2.54. The van der Waals surface area contributed by atoms with Gasteiger partial charge in [0.15, 0.2) is 12.4 Å². The molecule has 0 atom stereocenters. The van der Waals surface area contributed by atoms with Gasteiger partial charge in [-0.05, 0) is 25.1 Å². The fourth-order valence-corrected chi connectivity index (χ4v) is 1.75. The number of amides is 1. The number of carbonyl (C=O) groups excluding carboxylic acids is 1. The number of nitrogen functional groups attached to an aromatic ring is 1. The third-order valence-corrected chi connectivity index (χ3v) is 2.54. The number of ether oxygens (including phenoxy) is 1. The minimum atomic E-state index is -0.0495. The number of nitrogens with two attached hydrogens (primary N) is 2. The van der Waals surface area contributed by atoms with Crippen LogP contribution in [-0.4, -0.2) is 25.6 Å². The molecule has 86 valence electrons. The molecule has 0 saturated heterocycles. The molecule has 0 fully saturated rings. The third kappa shape index (κ3) is 1.81. The van der Waals surface area contributed by atoms with Crippen LogP contribution in [0.3, 0.4) is 0 Å². The van der Waals surface area contributed by atoms with E-state index in [4.69, 9.17) is 16.2 Å². The van der Waals surface area contributed by atoms with Gasteiger partial charge in [0.2, 0.25) is 0 Å². The fourth-order valence-electron chi connectivity index (χ4n) is 1.75. The molecular weight excluding hydrogens is 206 g/mol. The first kappa shape index (κ1) is 10.8. The quantitative estimate of drug-likeness (QED) is 0.721. The Hall–Kier alpha value is -1.75. The van der Waals surface area contributed by atoms with Crippen LogP contribution in [0, 0.1) is 0 Å². The molecule has 4 N–H and O–H groups in total. The largest absolute Gasteiger partial charge is 0.479 e. The Morgan fingerprint density at radius 2 is 2.25 bits per heavy atom. The van der Waals surface area contributed by atoms with Crippen LogP contribution in [0.5, 0.6) is 5.75 Å². The molecule has 1 aromatic carbocycles. The highest BCUT2D eigenvalue weighted by molar-refractivity contribution is 5.99. The number of hydrogen-bond acceptors (Lipinski definition) is 4. The average molecular weight is 221 g/mol. The van der Waals surface area contributed by atoms with Gasteiger partial charge in [0.1, 0.15) is 0 Å². The van der Waals surface area contributed by atoms with Crippen molar-refractivity contribution in [2.45, 2.75) is 6.42 Å². The van der Waals surface area contributed by atoms with Crippen molar-refractivity contribution in [2.24, 2.45) is 5.73 Å². The zero-order valence-corrected chi connectivity index (χ0v) is 8.98. The minimum Gasteiger partial charge on any atom is -0.479 e. The number of fused-ring (bicyclic) bond motifs is 1. The normalized spacial score (nSPS) is 14.6. The maximum absolute atomic E-state index is 11.7. The maximum Gasteiger partial charge on any atom is 0.265 e. The van der Waals surface area contributed by atoms with E-state index in [0.29, 0.717) is 24.5 Å². The van der Waals surface area contributed by atoms with E-state index in [2.05, 4.69) is 0 Å². The highest BCUT2D eigenvalue weighted by atomic mass is 16.5. The molecule has 0 aliphatic carbocycles. The number of para-hydroxylation sites is 1. The van der Waals surface area contributed by atoms with Crippen molar-refractivity contribution in [3.8, 4) is 5.75 Å². The highest BCUT2D eigenvalue weighted by Gasteiger charge is 2.25. The number of carbonyl (C=O) groups is 1. The van der Waals surface area contributed by atoms with E-state index in [0.717, 1.165) is 12.1 Å². The summed E-state index contributed by atoms with van der Waals surface area (Å²) >= 11 is 0. The summed E-state index contributed by atoms with van der Waals surface area (Å²) in [5, 5.41) is 0. The van der Waals surface area contributed by atoms with E-state index in [9.17, 15) is 4.79 Å². The zero-order valence-electron chi connectivity index (χ0n) is 8.98. The summed E-state index contributed by atoms with van der Waals surface area (Å²) < 4.78 is 5.33. The Balaban J connectivity index is 2.32. The Bertz CT molecular complexity index is 406. The average Bonchev–Trinajstić information content (AvgIpc) is 2.28. The first-order valence-corrected chi connectivity index (χ1v) is 5.25. The number of benzene rings is 1. The first-order valence-electron chi connectivity index (χ1n) is 5.25. The van der Waals surface area contributed by atoms with E-state index in [-0.39, 0.29) is 12.5 Å². The molecule has 1 aromatic rings. The summed E-state index contributed by atoms with van der Waals surface area (Å²) in [6, 6.07) is 5.40. The topological polar surface area (TPSA) is 81.6 Å². The van der Waals surface area contributed by atoms with Crippen molar-refractivity contribution in [3.05, 3.63) is 18.2 Å². The molecule has 1 heterocycles. The molecule has 0 aromatic heterocycles. The van der Waals surface area contributed by atoms with Gasteiger partial charge in [-0.2, -0.15) is 0 Å². The van der Waals surface area contributed by atoms with Crippen LogP contribution in [0.4, 0.5) is 11.4 Å². The molecule has 16 heavy (non-hydrogen) atoms. The van der Waals surface area contributed by atoms with Gasteiger partial charge in [0, 0.05) is 6.54 Å². The van der Waals surface area contributed by atoms with Crippen molar-refractivity contribution >= 4 is 17.3 Å². The molecule has 5 heteroatoms. The summed E-state index contributed by atoms with van der Waals surface area (Å²) in [5.74, 6) is 0.547. The van der Waals surface area contributed by atoms with E-state index in [1.54, 1.807) is 11.0 Å². The van der Waals surface area contributed by atoms with Crippen molar-refractivity contribution in [2.75, 3.05) is 30.3 Å². The minimum absolute atomic E-state index is 0.0474. The number of anilines is 2. The molecule has 5 nitrogen and oxygen atoms in total. The second-order valence-electron chi connectivity index (χ2n) is 3.67. The van der Waals surface area contributed by atoms with Crippen LogP contribution >= 0.6 is 0 Å². The van der Waals surface area contributed by atoms with Crippen molar-refractivity contribution in [3.63, 3.8) is 0 Å². The zero-order chi connectivity index (χ0) is 11.5. The maximum atomic E-state index is 11.7. The predicted molar refractivity (Wildman–Crippen MR) is 62.4 cm³/mol. The van der Waals surface area contributed by atoms with E-state index >= 15 is 0 Å². The predicted octanol–water partition coefficient (Wildman–Crippen LogP) is 0.343. The number of rotatable bonds is 3. The van der Waals surface area contributed by atoms with Gasteiger partial charge in [0.05, 0.1) is 11.4 Å². The Morgan fingerprint density at radius 3 is 3.00 bits per heavy atom. The molecular formula is C11H15N3O2. The first-order chi connectivity index (χ1) is 7.74. The second-order valence-corrected chi connectivity index (χ2v) is 3.67. The van der Waals surface area contributed by atoms with Gasteiger partial charge in [0.25, 0.3) is 5.91 Å². The van der Waals surface area contributed by atoms with Crippen molar-refractivity contribution in [1.29, 1.82) is 0 Å². The smallest absolute Gasteiger partial charge is 0.265 e. The van der Waals surface area contributed by atoms with Gasteiger partial charge in [-0.25, -0.2) is 0 Å². The van der Waals surface area contributed by atoms with Crippen molar-refractivity contribution in [1.82, 2.24) is 0 Å². The Morgan fingerprint density at radius 1 is 1.44 bits per heavy atom. The summed E-state index contributed by atoms with van der Waals surface area (Å²) in [7, 11) is 0. The fraction of sp³-hybridized carbons (Fsp3) is 0.364. The molecule has 0 bridgehead atoms. The van der Waals surface area contributed by atoms with Gasteiger partial charge in [-0.3, -0.25) is 4.79 Å². The summed E-state index contributed by atoms with van der Waals surface area (Å²) in [6.45, 7) is 1.21. The van der Waals surface area contributed by atoms with Gasteiger partial charge in [-0.1, -0.05) is 6.07 Å². The summed E-state index contributed by atoms with van der Waals surface area (Å²) in [6.07, 6.45) is 0.764. The monoisotopic (exact) mass is 221 g/mol. The van der Waals surface area contributed by atoms with Crippen LogP contribution in [0.1, 0.15) is 6.42 Å². The van der Waals surface area contributed by atoms with Crippen molar-refractivity contribution < 1.29 is 9.53 Å². The SMILES string of the molecule is NCCCN1C(=O)COc2c(N)cccc21. The molecule has 0 unspecified atom stereocenters. The molecule has 1 aliphatic heterocycles. The van der Waals surface area contributed by atoms with Crippen LogP contribution in [0.25, 0.3) is 0 Å².